The second kappa shape index (κ2) is 9.24. The molecule has 0 unspecified atom stereocenters. The molecule has 7 heteroatoms. The molecule has 4 nitrogen and oxygen atoms in total. The monoisotopic (exact) mass is 366 g/mol. The lowest BCUT2D eigenvalue weighted by atomic mass is 10.1. The molecule has 0 aliphatic rings. The van der Waals surface area contributed by atoms with E-state index in [2.05, 4.69) is 15.4 Å². The number of carbonyl (C=O) groups is 1. The summed E-state index contributed by atoms with van der Waals surface area (Å²) in [5, 5.41) is 6.09. The van der Waals surface area contributed by atoms with Gasteiger partial charge in [-0.1, -0.05) is 37.3 Å². The fraction of sp³-hybridized carbons (Fsp3) is 0.316. The van der Waals surface area contributed by atoms with E-state index in [4.69, 9.17) is 0 Å². The SMILES string of the molecule is CCNCc1ccccc1NC(=O)CCc1ccc(OC(F)(F)F)cc1. The highest BCUT2D eigenvalue weighted by atomic mass is 19.4. The van der Waals surface area contributed by atoms with Crippen molar-refractivity contribution < 1.29 is 22.7 Å². The molecule has 0 aromatic heterocycles. The van der Waals surface area contributed by atoms with Gasteiger partial charge in [-0.25, -0.2) is 0 Å². The van der Waals surface area contributed by atoms with Gasteiger partial charge < -0.3 is 15.4 Å². The zero-order valence-corrected chi connectivity index (χ0v) is 14.4. The summed E-state index contributed by atoms with van der Waals surface area (Å²) >= 11 is 0. The zero-order chi connectivity index (χ0) is 19.0. The Balaban J connectivity index is 1.87. The largest absolute Gasteiger partial charge is 0.573 e. The molecular weight excluding hydrogens is 345 g/mol. The molecule has 1 amide bonds. The molecule has 2 aromatic rings. The molecule has 2 N–H and O–H groups in total. The summed E-state index contributed by atoms with van der Waals surface area (Å²) in [7, 11) is 0. The van der Waals surface area contributed by atoms with Gasteiger partial charge in [0.25, 0.3) is 0 Å². The number of amides is 1. The number of halogens is 3. The van der Waals surface area contributed by atoms with Gasteiger partial charge in [-0.3, -0.25) is 4.79 Å². The molecule has 0 aliphatic heterocycles. The van der Waals surface area contributed by atoms with Crippen molar-refractivity contribution in [3.8, 4) is 5.75 Å². The normalized spacial score (nSPS) is 11.2. The number of hydrogen-bond donors (Lipinski definition) is 2. The molecule has 0 aliphatic carbocycles. The van der Waals surface area contributed by atoms with Crippen LogP contribution in [-0.2, 0) is 17.8 Å². The number of benzene rings is 2. The van der Waals surface area contributed by atoms with E-state index in [1.165, 1.54) is 24.3 Å². The summed E-state index contributed by atoms with van der Waals surface area (Å²) in [5.41, 5.74) is 2.51. The van der Waals surface area contributed by atoms with Gasteiger partial charge in [-0.15, -0.1) is 13.2 Å². The maximum absolute atomic E-state index is 12.2. The summed E-state index contributed by atoms with van der Waals surface area (Å²) in [6.07, 6.45) is -4.05. The van der Waals surface area contributed by atoms with Crippen LogP contribution in [0.15, 0.2) is 48.5 Å². The van der Waals surface area contributed by atoms with E-state index in [9.17, 15) is 18.0 Å². The lowest BCUT2D eigenvalue weighted by Crippen LogP contribution is -2.17. The number of aryl methyl sites for hydroxylation is 1. The number of para-hydroxylation sites is 1. The third kappa shape index (κ3) is 6.76. The molecule has 0 bridgehead atoms. The quantitative estimate of drug-likeness (QED) is 0.734. The van der Waals surface area contributed by atoms with Crippen LogP contribution in [0.5, 0.6) is 5.75 Å². The number of anilines is 1. The summed E-state index contributed by atoms with van der Waals surface area (Å²) in [5.74, 6) is -0.424. The number of nitrogens with one attached hydrogen (secondary N) is 2. The first-order valence-electron chi connectivity index (χ1n) is 8.30. The van der Waals surface area contributed by atoms with Crippen molar-refractivity contribution in [2.24, 2.45) is 0 Å². The van der Waals surface area contributed by atoms with Crippen LogP contribution in [0, 0.1) is 0 Å². The highest BCUT2D eigenvalue weighted by Crippen LogP contribution is 2.23. The van der Waals surface area contributed by atoms with E-state index in [1.54, 1.807) is 0 Å². The Bertz CT molecular complexity index is 715. The highest BCUT2D eigenvalue weighted by Gasteiger charge is 2.30. The predicted octanol–water partition coefficient (Wildman–Crippen LogP) is 4.27. The number of carbonyl (C=O) groups excluding carboxylic acids is 1. The molecule has 0 saturated carbocycles. The van der Waals surface area contributed by atoms with Crippen molar-refractivity contribution in [1.82, 2.24) is 5.32 Å². The van der Waals surface area contributed by atoms with Gasteiger partial charge in [0.1, 0.15) is 5.75 Å². The molecule has 0 spiro atoms. The van der Waals surface area contributed by atoms with Gasteiger partial charge in [0, 0.05) is 18.7 Å². The Morgan fingerprint density at radius 1 is 1.08 bits per heavy atom. The van der Waals surface area contributed by atoms with Crippen molar-refractivity contribution >= 4 is 11.6 Å². The van der Waals surface area contributed by atoms with Crippen LogP contribution >= 0.6 is 0 Å². The average Bonchev–Trinajstić information content (AvgIpc) is 2.59. The van der Waals surface area contributed by atoms with Crippen LogP contribution in [0.25, 0.3) is 0 Å². The standard InChI is InChI=1S/C19H21F3N2O2/c1-2-23-13-15-5-3-4-6-17(15)24-18(25)12-9-14-7-10-16(11-8-14)26-19(20,21)22/h3-8,10-11,23H,2,9,12-13H2,1H3,(H,24,25). The molecule has 2 aromatic carbocycles. The van der Waals surface area contributed by atoms with Crippen LogP contribution in [-0.4, -0.2) is 18.8 Å². The van der Waals surface area contributed by atoms with E-state index < -0.39 is 6.36 Å². The first kappa shape index (κ1) is 19.8. The fourth-order valence-electron chi connectivity index (χ4n) is 2.38. The third-order valence-corrected chi connectivity index (χ3v) is 3.65. The smallest absolute Gasteiger partial charge is 0.406 e. The van der Waals surface area contributed by atoms with Crippen molar-refractivity contribution in [3.63, 3.8) is 0 Å². The molecule has 0 radical (unpaired) electrons. The lowest BCUT2D eigenvalue weighted by molar-refractivity contribution is -0.274. The van der Waals surface area contributed by atoms with E-state index in [0.717, 1.165) is 23.4 Å². The van der Waals surface area contributed by atoms with Crippen LogP contribution in [0.1, 0.15) is 24.5 Å². The Hall–Kier alpha value is -2.54. The predicted molar refractivity (Wildman–Crippen MR) is 93.9 cm³/mol. The van der Waals surface area contributed by atoms with Crippen molar-refractivity contribution in [1.29, 1.82) is 0 Å². The lowest BCUT2D eigenvalue weighted by Gasteiger charge is -2.12. The number of ether oxygens (including phenoxy) is 1. The van der Waals surface area contributed by atoms with Crippen LogP contribution < -0.4 is 15.4 Å². The Morgan fingerprint density at radius 2 is 1.77 bits per heavy atom. The molecule has 0 heterocycles. The molecule has 26 heavy (non-hydrogen) atoms. The fourth-order valence-corrected chi connectivity index (χ4v) is 2.38. The molecule has 0 saturated heterocycles. The van der Waals surface area contributed by atoms with Crippen molar-refractivity contribution in [2.45, 2.75) is 32.7 Å². The van der Waals surface area contributed by atoms with Gasteiger partial charge in [0.15, 0.2) is 0 Å². The number of alkyl halides is 3. The van der Waals surface area contributed by atoms with Crippen molar-refractivity contribution in [3.05, 3.63) is 59.7 Å². The van der Waals surface area contributed by atoms with Crippen LogP contribution in [0.4, 0.5) is 18.9 Å². The van der Waals surface area contributed by atoms with E-state index >= 15 is 0 Å². The third-order valence-electron chi connectivity index (χ3n) is 3.65. The first-order valence-corrected chi connectivity index (χ1v) is 8.30. The second-order valence-corrected chi connectivity index (χ2v) is 5.68. The summed E-state index contributed by atoms with van der Waals surface area (Å²) in [4.78, 5) is 12.2. The first-order chi connectivity index (χ1) is 12.4. The van der Waals surface area contributed by atoms with Crippen molar-refractivity contribution in [2.75, 3.05) is 11.9 Å². The van der Waals surface area contributed by atoms with E-state index in [1.807, 2.05) is 31.2 Å². The number of rotatable bonds is 8. The number of hydrogen-bond acceptors (Lipinski definition) is 3. The molecular formula is C19H21F3N2O2. The minimum Gasteiger partial charge on any atom is -0.406 e. The highest BCUT2D eigenvalue weighted by molar-refractivity contribution is 5.91. The van der Waals surface area contributed by atoms with Gasteiger partial charge in [0.2, 0.25) is 5.91 Å². The maximum Gasteiger partial charge on any atom is 0.573 e. The van der Waals surface area contributed by atoms with E-state index in [0.29, 0.717) is 13.0 Å². The average molecular weight is 366 g/mol. The van der Waals surface area contributed by atoms with Gasteiger partial charge in [-0.05, 0) is 42.3 Å². The molecule has 2 rings (SSSR count). The van der Waals surface area contributed by atoms with E-state index in [-0.39, 0.29) is 18.1 Å². The summed E-state index contributed by atoms with van der Waals surface area (Å²) < 4.78 is 40.2. The summed E-state index contributed by atoms with van der Waals surface area (Å²) in [6, 6.07) is 13.1. The Morgan fingerprint density at radius 3 is 2.42 bits per heavy atom. The van der Waals surface area contributed by atoms with Crippen LogP contribution in [0.3, 0.4) is 0 Å². The molecule has 140 valence electrons. The van der Waals surface area contributed by atoms with Gasteiger partial charge >= 0.3 is 6.36 Å². The zero-order valence-electron chi connectivity index (χ0n) is 14.4. The summed E-state index contributed by atoms with van der Waals surface area (Å²) in [6.45, 7) is 3.50. The second-order valence-electron chi connectivity index (χ2n) is 5.68. The van der Waals surface area contributed by atoms with Gasteiger partial charge in [-0.2, -0.15) is 0 Å². The maximum atomic E-state index is 12.2. The van der Waals surface area contributed by atoms with Gasteiger partial charge in [0.05, 0.1) is 0 Å². The molecule has 0 atom stereocenters. The Labute approximate surface area is 150 Å². The Kier molecular flexibility index (Phi) is 7.03. The molecule has 0 fully saturated rings. The minimum atomic E-state index is -4.71. The topological polar surface area (TPSA) is 50.4 Å². The minimum absolute atomic E-state index is 0.149. The van der Waals surface area contributed by atoms with Crippen LogP contribution in [0.2, 0.25) is 0 Å².